The molecule has 2 saturated heterocycles. The van der Waals surface area contributed by atoms with Crippen LogP contribution in [0, 0.1) is 0 Å². The molecule has 0 aromatic carbocycles. The van der Waals surface area contributed by atoms with Crippen molar-refractivity contribution in [3.63, 3.8) is 0 Å². The average molecular weight is 678 g/mol. The van der Waals surface area contributed by atoms with Crippen molar-refractivity contribution in [3.05, 3.63) is 0 Å². The van der Waals surface area contributed by atoms with Crippen LogP contribution in [0.5, 0.6) is 0 Å². The highest BCUT2D eigenvalue weighted by molar-refractivity contribution is 5.74. The van der Waals surface area contributed by atoms with E-state index in [2.05, 4.69) is 5.32 Å². The Kier molecular flexibility index (Phi) is 14.5. The molecule has 0 aromatic heterocycles. The summed E-state index contributed by atoms with van der Waals surface area (Å²) in [6.07, 6.45) is -14.2. The predicted molar refractivity (Wildman–Crippen MR) is 147 cm³/mol. The highest BCUT2D eigenvalue weighted by Crippen LogP contribution is 2.34. The summed E-state index contributed by atoms with van der Waals surface area (Å²) in [4.78, 5) is 96.5. The molecule has 19 nitrogen and oxygen atoms in total. The van der Waals surface area contributed by atoms with Crippen LogP contribution < -0.4 is 5.32 Å². The van der Waals surface area contributed by atoms with Crippen molar-refractivity contribution < 1.29 is 85.7 Å². The molecule has 0 spiro atoms. The number of amides is 1. The van der Waals surface area contributed by atoms with Crippen molar-refractivity contribution in [3.8, 4) is 0 Å². The average Bonchev–Trinajstić information content (AvgIpc) is 2.91. The maximum absolute atomic E-state index is 12.3. The lowest BCUT2D eigenvalue weighted by Gasteiger charge is -2.48. The van der Waals surface area contributed by atoms with Crippen molar-refractivity contribution in [2.24, 2.45) is 0 Å². The largest absolute Gasteiger partial charge is 0.463 e. The van der Waals surface area contributed by atoms with Gasteiger partial charge in [-0.05, 0) is 0 Å². The molecule has 1 amide bonds. The smallest absolute Gasteiger partial charge is 0.305 e. The number of esters is 7. The first kappa shape index (κ1) is 38.8. The topological polar surface area (TPSA) is 241 Å². The molecule has 10 atom stereocenters. The lowest BCUT2D eigenvalue weighted by atomic mass is 9.94. The predicted octanol–water partition coefficient (Wildman–Crippen LogP) is -1.26. The van der Waals surface area contributed by atoms with Gasteiger partial charge < -0.3 is 52.7 Å². The van der Waals surface area contributed by atoms with E-state index in [-0.39, 0.29) is 0 Å². The molecular weight excluding hydrogens is 638 g/mol. The first-order valence-corrected chi connectivity index (χ1v) is 14.3. The molecule has 0 bridgehead atoms. The lowest BCUT2D eigenvalue weighted by molar-refractivity contribution is -0.348. The fourth-order valence-corrected chi connectivity index (χ4v) is 4.84. The van der Waals surface area contributed by atoms with E-state index in [1.807, 2.05) is 0 Å². The highest BCUT2D eigenvalue weighted by Gasteiger charge is 2.57. The Morgan fingerprint density at radius 3 is 1.32 bits per heavy atom. The number of carbonyl (C=O) groups excluding carboxylic acids is 8. The normalized spacial score (nSPS) is 30.0. The van der Waals surface area contributed by atoms with Crippen LogP contribution >= 0.6 is 0 Å². The number of carbonyl (C=O) groups is 8. The molecule has 2 heterocycles. The van der Waals surface area contributed by atoms with E-state index in [1.165, 1.54) is 0 Å². The van der Waals surface area contributed by atoms with Crippen LogP contribution in [0.3, 0.4) is 0 Å². The monoisotopic (exact) mass is 677 g/mol. The first-order chi connectivity index (χ1) is 21.9. The van der Waals surface area contributed by atoms with Crippen LogP contribution in [0.1, 0.15) is 55.4 Å². The van der Waals surface area contributed by atoms with E-state index in [9.17, 15) is 38.4 Å². The Morgan fingerprint density at radius 1 is 0.468 bits per heavy atom. The van der Waals surface area contributed by atoms with E-state index >= 15 is 0 Å². The second-order valence-electron chi connectivity index (χ2n) is 10.4. The molecule has 0 saturated carbocycles. The minimum absolute atomic E-state index is 0.577. The second kappa shape index (κ2) is 17.5. The maximum atomic E-state index is 12.3. The number of rotatable bonds is 12. The summed E-state index contributed by atoms with van der Waals surface area (Å²) in [5.41, 5.74) is 0. The molecule has 0 aromatic rings. The Balaban J connectivity index is 2.73. The third-order valence-corrected chi connectivity index (χ3v) is 6.29. The van der Waals surface area contributed by atoms with E-state index in [1.54, 1.807) is 0 Å². The van der Waals surface area contributed by atoms with E-state index in [4.69, 9.17) is 47.4 Å². The minimum atomic E-state index is -1.80. The summed E-state index contributed by atoms with van der Waals surface area (Å²) < 4.78 is 55.2. The number of ether oxygens (including phenoxy) is 10. The van der Waals surface area contributed by atoms with Gasteiger partial charge in [0, 0.05) is 55.4 Å². The van der Waals surface area contributed by atoms with Crippen molar-refractivity contribution in [2.45, 2.75) is 117 Å². The van der Waals surface area contributed by atoms with Gasteiger partial charge in [0.25, 0.3) is 0 Å². The van der Waals surface area contributed by atoms with Gasteiger partial charge in [-0.25, -0.2) is 0 Å². The standard InChI is InChI=1S/C28H39NO18/c1-11(30)29-21-24(41-15(5)34)22(19(9-38-12(2)31)45-27(21)44-18(8)37)47-28-26(43-17(7)36)25(42-16(6)35)23(40-14(4)33)20(46-28)10-39-13(3)32/h19-28H,9-10H2,1-8H3,(H,29,30)/t19-,20+,21+,22-,23+,24+,25-,26-,27-,28-/m1/s1. The minimum Gasteiger partial charge on any atom is -0.463 e. The van der Waals surface area contributed by atoms with E-state index < -0.39 is 122 Å². The zero-order chi connectivity index (χ0) is 35.6. The fraction of sp³-hybridized carbons (Fsp3) is 0.714. The van der Waals surface area contributed by atoms with Crippen LogP contribution in [0.2, 0.25) is 0 Å². The molecule has 2 fully saturated rings. The lowest BCUT2D eigenvalue weighted by Crippen LogP contribution is -2.69. The van der Waals surface area contributed by atoms with Crippen LogP contribution in [0.25, 0.3) is 0 Å². The van der Waals surface area contributed by atoms with Gasteiger partial charge in [0.05, 0.1) is 0 Å². The van der Waals surface area contributed by atoms with Crippen molar-refractivity contribution >= 4 is 47.7 Å². The molecular formula is C28H39NO18. The van der Waals surface area contributed by atoms with Crippen molar-refractivity contribution in [1.29, 1.82) is 0 Å². The van der Waals surface area contributed by atoms with Crippen LogP contribution in [0.15, 0.2) is 0 Å². The van der Waals surface area contributed by atoms with Gasteiger partial charge in [-0.1, -0.05) is 0 Å². The molecule has 2 rings (SSSR count). The molecule has 47 heavy (non-hydrogen) atoms. The fourth-order valence-electron chi connectivity index (χ4n) is 4.84. The van der Waals surface area contributed by atoms with E-state index in [0.29, 0.717) is 0 Å². The number of hydrogen-bond donors (Lipinski definition) is 1. The molecule has 1 N–H and O–H groups in total. The van der Waals surface area contributed by atoms with Crippen molar-refractivity contribution in [2.75, 3.05) is 13.2 Å². The summed E-state index contributed by atoms with van der Waals surface area (Å²) in [5.74, 6) is -6.64. The summed E-state index contributed by atoms with van der Waals surface area (Å²) in [6.45, 7) is 7.30. The van der Waals surface area contributed by atoms with Gasteiger partial charge in [-0.3, -0.25) is 38.4 Å². The first-order valence-electron chi connectivity index (χ1n) is 14.3. The third kappa shape index (κ3) is 12.1. The highest BCUT2D eigenvalue weighted by atomic mass is 16.8. The van der Waals surface area contributed by atoms with Crippen LogP contribution in [0.4, 0.5) is 0 Å². The summed E-state index contributed by atoms with van der Waals surface area (Å²) in [7, 11) is 0. The van der Waals surface area contributed by atoms with E-state index in [0.717, 1.165) is 55.4 Å². The van der Waals surface area contributed by atoms with Crippen molar-refractivity contribution in [1.82, 2.24) is 5.32 Å². The van der Waals surface area contributed by atoms with Gasteiger partial charge in [0.2, 0.25) is 12.2 Å². The van der Waals surface area contributed by atoms with Gasteiger partial charge in [0.1, 0.15) is 37.6 Å². The van der Waals surface area contributed by atoms with Crippen LogP contribution in [-0.4, -0.2) is 122 Å². The summed E-state index contributed by atoms with van der Waals surface area (Å²) in [5, 5.41) is 2.48. The summed E-state index contributed by atoms with van der Waals surface area (Å²) in [6, 6.07) is -1.43. The Morgan fingerprint density at radius 2 is 0.872 bits per heavy atom. The molecule has 19 heteroatoms. The quantitative estimate of drug-likeness (QED) is 0.187. The van der Waals surface area contributed by atoms with Gasteiger partial charge in [-0.2, -0.15) is 0 Å². The van der Waals surface area contributed by atoms with Gasteiger partial charge in [-0.15, -0.1) is 0 Å². The maximum Gasteiger partial charge on any atom is 0.305 e. The molecule has 2 aliphatic heterocycles. The van der Waals surface area contributed by atoms with Gasteiger partial charge in [0.15, 0.2) is 30.7 Å². The molecule has 0 unspecified atom stereocenters. The molecule has 0 aliphatic carbocycles. The Hall–Kier alpha value is -4.36. The van der Waals surface area contributed by atoms with Crippen LogP contribution in [-0.2, 0) is 85.7 Å². The number of hydrogen-bond acceptors (Lipinski definition) is 18. The number of nitrogens with one attached hydrogen (secondary N) is 1. The third-order valence-electron chi connectivity index (χ3n) is 6.29. The SMILES string of the molecule is CC(=O)N[C@@H]1[C@H](OC(C)=O)O[C@H](COC(C)=O)[C@@H](O[C@H]2O[C@@H](COC(C)=O)[C@H](OC(C)=O)[C@@H](OC(C)=O)[C@H]2OC(C)=O)[C@H]1OC(C)=O. The molecule has 0 radical (unpaired) electrons. The van der Waals surface area contributed by atoms with Gasteiger partial charge >= 0.3 is 41.8 Å². The zero-order valence-corrected chi connectivity index (χ0v) is 27.0. The Labute approximate surface area is 269 Å². The molecule has 2 aliphatic rings. The Bertz CT molecular complexity index is 1200. The molecule has 264 valence electrons. The zero-order valence-electron chi connectivity index (χ0n) is 27.0. The second-order valence-corrected chi connectivity index (χ2v) is 10.4. The summed E-state index contributed by atoms with van der Waals surface area (Å²) >= 11 is 0.